The second-order valence-electron chi connectivity index (χ2n) is 7.44. The van der Waals surface area contributed by atoms with Crippen molar-refractivity contribution in [3.8, 4) is 0 Å². The number of aromatic nitrogens is 2. The predicted molar refractivity (Wildman–Crippen MR) is 121 cm³/mol. The molecule has 31 heavy (non-hydrogen) atoms. The lowest BCUT2D eigenvalue weighted by Gasteiger charge is -2.25. The molecular formula is C23H28ClN3O4. The highest BCUT2D eigenvalue weighted by molar-refractivity contribution is 6.30. The third kappa shape index (κ3) is 6.85. The minimum absolute atomic E-state index is 0.169. The Hall–Kier alpha value is -2.29. The molecule has 0 amide bonds. The standard InChI is InChI=1S/C23H28ClN3O4/c1-16(17-7-9-18(24)10-8-17)31-15-19(28)13-27(11-12-30-2)14-22-25-21-6-4-3-5-20(21)23(29)26-22/h3-10,16,19,28H,11-15H2,1-2H3,(H,25,26,29)/t16-,19-/m0/s1. The molecule has 3 rings (SSSR count). The number of H-pyrrole nitrogens is 1. The maximum Gasteiger partial charge on any atom is 0.258 e. The van der Waals surface area contributed by atoms with E-state index in [2.05, 4.69) is 9.97 Å². The van der Waals surface area contributed by atoms with Gasteiger partial charge in [0.1, 0.15) is 5.82 Å². The van der Waals surface area contributed by atoms with E-state index in [1.807, 2.05) is 54.3 Å². The third-order valence-corrected chi connectivity index (χ3v) is 5.25. The van der Waals surface area contributed by atoms with E-state index in [1.54, 1.807) is 13.2 Å². The number of halogens is 1. The molecule has 0 unspecified atom stereocenters. The Morgan fingerprint density at radius 1 is 1.19 bits per heavy atom. The molecule has 166 valence electrons. The molecule has 3 aromatic rings. The number of nitrogens with zero attached hydrogens (tertiary/aromatic N) is 2. The van der Waals surface area contributed by atoms with Gasteiger partial charge < -0.3 is 19.6 Å². The van der Waals surface area contributed by atoms with Crippen LogP contribution in [0.15, 0.2) is 53.3 Å². The smallest absolute Gasteiger partial charge is 0.258 e. The Balaban J connectivity index is 1.61. The molecule has 1 heterocycles. The summed E-state index contributed by atoms with van der Waals surface area (Å²) in [6.07, 6.45) is -0.878. The summed E-state index contributed by atoms with van der Waals surface area (Å²) in [6.45, 7) is 3.92. The van der Waals surface area contributed by atoms with Gasteiger partial charge in [-0.3, -0.25) is 9.69 Å². The van der Waals surface area contributed by atoms with Crippen molar-refractivity contribution in [2.45, 2.75) is 25.7 Å². The van der Waals surface area contributed by atoms with Gasteiger partial charge in [0.15, 0.2) is 0 Å². The molecule has 0 saturated heterocycles. The number of aliphatic hydroxyl groups is 1. The third-order valence-electron chi connectivity index (χ3n) is 4.99. The summed E-state index contributed by atoms with van der Waals surface area (Å²) in [5.41, 5.74) is 1.47. The van der Waals surface area contributed by atoms with Crippen LogP contribution < -0.4 is 5.56 Å². The second-order valence-corrected chi connectivity index (χ2v) is 7.88. The molecule has 0 aliphatic rings. The Labute approximate surface area is 186 Å². The number of aromatic amines is 1. The molecule has 8 heteroatoms. The van der Waals surface area contributed by atoms with Crippen LogP contribution >= 0.6 is 11.6 Å². The molecule has 7 nitrogen and oxygen atoms in total. The van der Waals surface area contributed by atoms with Crippen molar-refractivity contribution in [3.05, 3.63) is 75.3 Å². The molecule has 0 bridgehead atoms. The summed E-state index contributed by atoms with van der Waals surface area (Å²) < 4.78 is 11.0. The lowest BCUT2D eigenvalue weighted by atomic mass is 10.1. The van der Waals surface area contributed by atoms with E-state index in [0.29, 0.717) is 48.0 Å². The highest BCUT2D eigenvalue weighted by Crippen LogP contribution is 2.19. The summed E-state index contributed by atoms with van der Waals surface area (Å²) in [4.78, 5) is 21.7. The van der Waals surface area contributed by atoms with E-state index < -0.39 is 6.10 Å². The zero-order valence-electron chi connectivity index (χ0n) is 17.8. The van der Waals surface area contributed by atoms with Crippen molar-refractivity contribution in [1.29, 1.82) is 0 Å². The van der Waals surface area contributed by atoms with Gasteiger partial charge in [0.2, 0.25) is 0 Å². The highest BCUT2D eigenvalue weighted by Gasteiger charge is 2.16. The summed E-state index contributed by atoms with van der Waals surface area (Å²) >= 11 is 5.93. The molecular weight excluding hydrogens is 418 g/mol. The lowest BCUT2D eigenvalue weighted by molar-refractivity contribution is -0.0192. The van der Waals surface area contributed by atoms with Crippen molar-refractivity contribution < 1.29 is 14.6 Å². The first-order chi connectivity index (χ1) is 15.0. The highest BCUT2D eigenvalue weighted by atomic mass is 35.5. The first kappa shape index (κ1) is 23.4. The van der Waals surface area contributed by atoms with Gasteiger partial charge in [-0.2, -0.15) is 0 Å². The van der Waals surface area contributed by atoms with Gasteiger partial charge in [0, 0.05) is 25.2 Å². The minimum Gasteiger partial charge on any atom is -0.389 e. The van der Waals surface area contributed by atoms with E-state index in [9.17, 15) is 9.90 Å². The van der Waals surface area contributed by atoms with Gasteiger partial charge in [0.05, 0.1) is 42.9 Å². The second kappa shape index (κ2) is 11.4. The maximum atomic E-state index is 12.3. The van der Waals surface area contributed by atoms with Gasteiger partial charge >= 0.3 is 0 Å². The zero-order chi connectivity index (χ0) is 22.2. The average Bonchev–Trinajstić information content (AvgIpc) is 2.76. The van der Waals surface area contributed by atoms with E-state index >= 15 is 0 Å². The Morgan fingerprint density at radius 3 is 2.68 bits per heavy atom. The van der Waals surface area contributed by atoms with Crippen LogP contribution in [0.5, 0.6) is 0 Å². The van der Waals surface area contributed by atoms with Gasteiger partial charge in [0.25, 0.3) is 5.56 Å². The molecule has 0 radical (unpaired) electrons. The number of hydrogen-bond acceptors (Lipinski definition) is 6. The van der Waals surface area contributed by atoms with Gasteiger partial charge in [-0.25, -0.2) is 4.98 Å². The number of para-hydroxylation sites is 1. The molecule has 2 aromatic carbocycles. The molecule has 0 saturated carbocycles. The van der Waals surface area contributed by atoms with Gasteiger partial charge in [-0.15, -0.1) is 0 Å². The lowest BCUT2D eigenvalue weighted by Crippen LogP contribution is -2.37. The first-order valence-electron chi connectivity index (χ1n) is 10.2. The Morgan fingerprint density at radius 2 is 1.94 bits per heavy atom. The van der Waals surface area contributed by atoms with Crippen LogP contribution in [0.4, 0.5) is 0 Å². The average molecular weight is 446 g/mol. The fourth-order valence-corrected chi connectivity index (χ4v) is 3.44. The largest absolute Gasteiger partial charge is 0.389 e. The zero-order valence-corrected chi connectivity index (χ0v) is 18.5. The number of aliphatic hydroxyl groups excluding tert-OH is 1. The first-order valence-corrected chi connectivity index (χ1v) is 10.6. The molecule has 0 aliphatic carbocycles. The molecule has 0 fully saturated rings. The van der Waals surface area contributed by atoms with Crippen molar-refractivity contribution in [1.82, 2.24) is 14.9 Å². The number of fused-ring (bicyclic) bond motifs is 1. The summed E-state index contributed by atoms with van der Waals surface area (Å²) in [7, 11) is 1.63. The van der Waals surface area contributed by atoms with Crippen LogP contribution in [0.1, 0.15) is 24.4 Å². The van der Waals surface area contributed by atoms with Crippen LogP contribution in [0, 0.1) is 0 Å². The van der Waals surface area contributed by atoms with E-state index in [-0.39, 0.29) is 18.3 Å². The van der Waals surface area contributed by atoms with Crippen LogP contribution in [0.3, 0.4) is 0 Å². The molecule has 2 N–H and O–H groups in total. The van der Waals surface area contributed by atoms with E-state index in [0.717, 1.165) is 5.56 Å². The van der Waals surface area contributed by atoms with Crippen LogP contribution in [0.2, 0.25) is 5.02 Å². The normalized spacial score (nSPS) is 13.6. The van der Waals surface area contributed by atoms with Crippen molar-refractivity contribution in [2.75, 3.05) is 33.4 Å². The number of methoxy groups -OCH3 is 1. The number of ether oxygens (including phenoxy) is 2. The van der Waals surface area contributed by atoms with Crippen molar-refractivity contribution in [3.63, 3.8) is 0 Å². The summed E-state index contributed by atoms with van der Waals surface area (Å²) in [5.74, 6) is 0.544. The fraction of sp³-hybridized carbons (Fsp3) is 0.391. The van der Waals surface area contributed by atoms with Gasteiger partial charge in [-0.1, -0.05) is 35.9 Å². The Bertz CT molecular complexity index is 1030. The molecule has 0 spiro atoms. The van der Waals surface area contributed by atoms with Gasteiger partial charge in [-0.05, 0) is 36.8 Å². The number of rotatable bonds is 11. The number of nitrogens with one attached hydrogen (secondary N) is 1. The Kier molecular flexibility index (Phi) is 8.57. The summed E-state index contributed by atoms with van der Waals surface area (Å²) in [5, 5.41) is 11.8. The number of hydrogen-bond donors (Lipinski definition) is 2. The fourth-order valence-electron chi connectivity index (χ4n) is 3.31. The van der Waals surface area contributed by atoms with Crippen molar-refractivity contribution in [2.24, 2.45) is 0 Å². The van der Waals surface area contributed by atoms with E-state index in [4.69, 9.17) is 21.1 Å². The molecule has 1 aromatic heterocycles. The summed E-state index contributed by atoms with van der Waals surface area (Å²) in [6, 6.07) is 14.7. The molecule has 2 atom stereocenters. The van der Waals surface area contributed by atoms with Crippen LogP contribution in [-0.2, 0) is 16.0 Å². The number of benzene rings is 2. The van der Waals surface area contributed by atoms with Crippen molar-refractivity contribution >= 4 is 22.5 Å². The SMILES string of the molecule is COCCN(Cc1nc2ccccc2c(=O)[nH]1)C[C@H](O)CO[C@@H](C)c1ccc(Cl)cc1. The monoisotopic (exact) mass is 445 g/mol. The quantitative estimate of drug-likeness (QED) is 0.471. The van der Waals surface area contributed by atoms with Crippen LogP contribution in [0.25, 0.3) is 10.9 Å². The van der Waals surface area contributed by atoms with E-state index in [1.165, 1.54) is 0 Å². The minimum atomic E-state index is -0.709. The predicted octanol–water partition coefficient (Wildman–Crippen LogP) is 3.16. The maximum absolute atomic E-state index is 12.3. The molecule has 0 aliphatic heterocycles. The topological polar surface area (TPSA) is 87.7 Å². The van der Waals surface area contributed by atoms with Crippen LogP contribution in [-0.4, -0.2) is 59.5 Å².